The van der Waals surface area contributed by atoms with Gasteiger partial charge < -0.3 is 14.7 Å². The highest BCUT2D eigenvalue weighted by molar-refractivity contribution is 6.26. The van der Waals surface area contributed by atoms with E-state index in [0.29, 0.717) is 29.1 Å². The van der Waals surface area contributed by atoms with Crippen molar-refractivity contribution in [2.45, 2.75) is 26.4 Å². The number of carbonyl (C=O) groups is 1. The van der Waals surface area contributed by atoms with E-state index in [1.165, 1.54) is 6.08 Å². The van der Waals surface area contributed by atoms with Gasteiger partial charge in [0.15, 0.2) is 11.5 Å². The van der Waals surface area contributed by atoms with Crippen LogP contribution in [0.4, 0.5) is 18.9 Å². The number of benzene rings is 2. The predicted molar refractivity (Wildman–Crippen MR) is 120 cm³/mol. The van der Waals surface area contributed by atoms with Crippen LogP contribution in [0.2, 0.25) is 0 Å². The molecule has 0 radical (unpaired) electrons. The molecule has 0 fully saturated rings. The van der Waals surface area contributed by atoms with E-state index >= 15 is 0 Å². The molecule has 0 atom stereocenters. The van der Waals surface area contributed by atoms with E-state index in [4.69, 9.17) is 9.84 Å². The Balaban J connectivity index is 1.75. The van der Waals surface area contributed by atoms with Crippen LogP contribution in [0.5, 0.6) is 5.75 Å². The number of hydrogen-bond acceptors (Lipinski definition) is 5. The second kappa shape index (κ2) is 8.90. The van der Waals surface area contributed by atoms with Crippen LogP contribution in [0.1, 0.15) is 20.3 Å². The zero-order valence-corrected chi connectivity index (χ0v) is 18.3. The SMILES string of the molecule is CC(C)CCN1/C(=C/C=C2\C(=O)N(CCO)N=C2C(F)(F)F)Oc2c1ccc1ccccc21. The standard InChI is InChI=1S/C24H24F3N3O3/c1-15(2)11-12-29-19-9-7-16-5-3-4-6-17(16)21(19)33-20(29)10-8-18-22(24(25,26)27)28-30(13-14-31)23(18)32/h3-10,15,31H,11-14H2,1-2H3/b18-8-,20-10-. The molecular weight excluding hydrogens is 435 g/mol. The van der Waals surface area contributed by atoms with Crippen LogP contribution in [-0.4, -0.2) is 47.6 Å². The quantitative estimate of drug-likeness (QED) is 0.641. The molecule has 0 saturated carbocycles. The summed E-state index contributed by atoms with van der Waals surface area (Å²) in [5.41, 5.74) is -1.05. The molecule has 2 heterocycles. The van der Waals surface area contributed by atoms with Crippen LogP contribution < -0.4 is 9.64 Å². The molecule has 2 aromatic carbocycles. The van der Waals surface area contributed by atoms with Crippen molar-refractivity contribution in [2.24, 2.45) is 11.0 Å². The summed E-state index contributed by atoms with van der Waals surface area (Å²) >= 11 is 0. The fourth-order valence-corrected chi connectivity index (χ4v) is 3.79. The largest absolute Gasteiger partial charge is 0.438 e. The summed E-state index contributed by atoms with van der Waals surface area (Å²) in [5.74, 6) is 0.458. The Hall–Kier alpha value is -3.33. The molecule has 2 aromatic rings. The molecule has 1 amide bonds. The zero-order chi connectivity index (χ0) is 23.8. The number of allylic oxidation sites excluding steroid dienone is 2. The summed E-state index contributed by atoms with van der Waals surface area (Å²) < 4.78 is 46.6. The van der Waals surface area contributed by atoms with Gasteiger partial charge in [-0.05, 0) is 35.9 Å². The molecule has 6 nitrogen and oxygen atoms in total. The number of fused-ring (bicyclic) bond motifs is 3. The highest BCUT2D eigenvalue weighted by Crippen LogP contribution is 2.44. The zero-order valence-electron chi connectivity index (χ0n) is 18.3. The van der Waals surface area contributed by atoms with Crippen LogP contribution in [0, 0.1) is 5.92 Å². The lowest BCUT2D eigenvalue weighted by Crippen LogP contribution is -2.27. The monoisotopic (exact) mass is 459 g/mol. The second-order valence-corrected chi connectivity index (χ2v) is 8.25. The molecule has 0 unspecified atom stereocenters. The van der Waals surface area contributed by atoms with E-state index < -0.39 is 30.0 Å². The molecule has 2 aliphatic rings. The Kier molecular flexibility index (Phi) is 6.16. The number of hydrazone groups is 1. The number of halogens is 3. The Morgan fingerprint density at radius 2 is 1.88 bits per heavy atom. The van der Waals surface area contributed by atoms with Crippen molar-refractivity contribution in [1.82, 2.24) is 5.01 Å². The summed E-state index contributed by atoms with van der Waals surface area (Å²) in [6, 6.07) is 11.6. The van der Waals surface area contributed by atoms with Crippen LogP contribution in [-0.2, 0) is 4.79 Å². The summed E-state index contributed by atoms with van der Waals surface area (Å²) in [4.78, 5) is 14.4. The fraction of sp³-hybridized carbons (Fsp3) is 0.333. The molecule has 0 saturated heterocycles. The summed E-state index contributed by atoms with van der Waals surface area (Å²) in [7, 11) is 0. The van der Waals surface area contributed by atoms with Crippen molar-refractivity contribution in [3.05, 3.63) is 60.0 Å². The first-order chi connectivity index (χ1) is 15.7. The normalized spacial score (nSPS) is 18.6. The highest BCUT2D eigenvalue weighted by atomic mass is 19.4. The van der Waals surface area contributed by atoms with Crippen molar-refractivity contribution in [3.8, 4) is 5.75 Å². The molecule has 0 aliphatic carbocycles. The van der Waals surface area contributed by atoms with Gasteiger partial charge in [-0.15, -0.1) is 0 Å². The summed E-state index contributed by atoms with van der Waals surface area (Å²) in [6.07, 6.45) is -1.50. The van der Waals surface area contributed by atoms with Crippen LogP contribution >= 0.6 is 0 Å². The third kappa shape index (κ3) is 4.45. The molecular formula is C24H24F3N3O3. The number of nitrogens with zero attached hydrogens (tertiary/aromatic N) is 3. The highest BCUT2D eigenvalue weighted by Gasteiger charge is 2.46. The molecule has 33 heavy (non-hydrogen) atoms. The minimum absolute atomic E-state index is 0.319. The van der Waals surface area contributed by atoms with Gasteiger partial charge in [-0.3, -0.25) is 4.79 Å². The van der Waals surface area contributed by atoms with E-state index in [2.05, 4.69) is 18.9 Å². The van der Waals surface area contributed by atoms with Gasteiger partial charge in [0.2, 0.25) is 5.88 Å². The number of aliphatic hydroxyl groups excluding tert-OH is 1. The maximum Gasteiger partial charge on any atom is 0.435 e. The molecule has 0 spiro atoms. The number of ether oxygens (including phenoxy) is 1. The molecule has 2 aliphatic heterocycles. The average molecular weight is 459 g/mol. The van der Waals surface area contributed by atoms with E-state index in [1.807, 2.05) is 41.3 Å². The second-order valence-electron chi connectivity index (χ2n) is 8.25. The first kappa shape index (κ1) is 22.8. The number of alkyl halides is 3. The maximum absolute atomic E-state index is 13.5. The topological polar surface area (TPSA) is 65.4 Å². The van der Waals surface area contributed by atoms with Gasteiger partial charge in [-0.25, -0.2) is 5.01 Å². The Morgan fingerprint density at radius 3 is 2.58 bits per heavy atom. The van der Waals surface area contributed by atoms with E-state index in [-0.39, 0.29) is 6.54 Å². The summed E-state index contributed by atoms with van der Waals surface area (Å²) in [5, 5.41) is 14.9. The number of carbonyl (C=O) groups excluding carboxylic acids is 1. The Bertz CT molecular complexity index is 1170. The van der Waals surface area contributed by atoms with Gasteiger partial charge in [0, 0.05) is 11.9 Å². The number of rotatable bonds is 6. The van der Waals surface area contributed by atoms with Crippen molar-refractivity contribution in [3.63, 3.8) is 0 Å². The third-order valence-corrected chi connectivity index (χ3v) is 5.47. The Morgan fingerprint density at radius 1 is 1.12 bits per heavy atom. The van der Waals surface area contributed by atoms with E-state index in [0.717, 1.165) is 29.0 Å². The maximum atomic E-state index is 13.5. The summed E-state index contributed by atoms with van der Waals surface area (Å²) in [6.45, 7) is 3.96. The third-order valence-electron chi connectivity index (χ3n) is 5.47. The lowest BCUT2D eigenvalue weighted by atomic mass is 10.1. The molecule has 4 rings (SSSR count). The van der Waals surface area contributed by atoms with Crippen molar-refractivity contribution < 1.29 is 27.8 Å². The van der Waals surface area contributed by atoms with Crippen LogP contribution in [0.3, 0.4) is 0 Å². The van der Waals surface area contributed by atoms with E-state index in [9.17, 15) is 18.0 Å². The first-order valence-corrected chi connectivity index (χ1v) is 10.7. The van der Waals surface area contributed by atoms with Gasteiger partial charge in [-0.2, -0.15) is 18.3 Å². The minimum Gasteiger partial charge on any atom is -0.438 e. The molecule has 0 bridgehead atoms. The fourth-order valence-electron chi connectivity index (χ4n) is 3.79. The average Bonchev–Trinajstić information content (AvgIpc) is 3.28. The van der Waals surface area contributed by atoms with Gasteiger partial charge in [0.25, 0.3) is 5.91 Å². The number of aliphatic hydroxyl groups is 1. The van der Waals surface area contributed by atoms with Crippen molar-refractivity contribution in [2.75, 3.05) is 24.6 Å². The van der Waals surface area contributed by atoms with Gasteiger partial charge >= 0.3 is 6.18 Å². The lowest BCUT2D eigenvalue weighted by molar-refractivity contribution is -0.126. The first-order valence-electron chi connectivity index (χ1n) is 10.7. The molecule has 0 aromatic heterocycles. The minimum atomic E-state index is -4.81. The molecule has 9 heteroatoms. The van der Waals surface area contributed by atoms with Crippen LogP contribution in [0.25, 0.3) is 10.8 Å². The number of hydrogen-bond donors (Lipinski definition) is 1. The predicted octanol–water partition coefficient (Wildman–Crippen LogP) is 4.61. The number of β-amino-alcohol motifs (C(OH)–C–C–N with tert-alkyl or cyclic N) is 1. The van der Waals surface area contributed by atoms with Crippen molar-refractivity contribution >= 4 is 28.1 Å². The Labute approximate surface area is 189 Å². The number of amides is 1. The van der Waals surface area contributed by atoms with Crippen molar-refractivity contribution in [1.29, 1.82) is 0 Å². The van der Waals surface area contributed by atoms with Gasteiger partial charge in [-0.1, -0.05) is 44.2 Å². The molecule has 174 valence electrons. The van der Waals surface area contributed by atoms with Gasteiger partial charge in [0.05, 0.1) is 24.4 Å². The number of anilines is 1. The lowest BCUT2D eigenvalue weighted by Gasteiger charge is -2.19. The van der Waals surface area contributed by atoms with Gasteiger partial charge in [0.1, 0.15) is 0 Å². The van der Waals surface area contributed by atoms with E-state index in [1.54, 1.807) is 0 Å². The smallest absolute Gasteiger partial charge is 0.435 e. The molecule has 1 N–H and O–H groups in total. The van der Waals surface area contributed by atoms with Crippen LogP contribution in [0.15, 0.2) is 65.1 Å².